The third-order valence-electron chi connectivity index (χ3n) is 6.57. The van der Waals surface area contributed by atoms with Gasteiger partial charge in [-0.25, -0.2) is 0 Å². The lowest BCUT2D eigenvalue weighted by atomic mass is 9.85. The number of H-pyrrole nitrogens is 1. The summed E-state index contributed by atoms with van der Waals surface area (Å²) in [6, 6.07) is 0. The van der Waals surface area contributed by atoms with E-state index in [-0.39, 0.29) is 35.5 Å². The molecule has 3 aliphatic rings. The lowest BCUT2D eigenvalue weighted by molar-refractivity contribution is -0.140. The van der Waals surface area contributed by atoms with Crippen molar-refractivity contribution in [2.45, 2.75) is 39.5 Å². The van der Waals surface area contributed by atoms with Crippen molar-refractivity contribution in [2.75, 3.05) is 26.2 Å². The summed E-state index contributed by atoms with van der Waals surface area (Å²) in [5.41, 5.74) is 2.36. The number of carbonyl (C=O) groups excluding carboxylic acids is 2. The fourth-order valence-corrected chi connectivity index (χ4v) is 5.06. The molecule has 1 aromatic heterocycles. The van der Waals surface area contributed by atoms with E-state index in [0.29, 0.717) is 19.5 Å². The first-order valence-corrected chi connectivity index (χ1v) is 11.1. The fourth-order valence-electron chi connectivity index (χ4n) is 5.06. The lowest BCUT2D eigenvalue weighted by Crippen LogP contribution is -2.38. The van der Waals surface area contributed by atoms with E-state index >= 15 is 0 Å². The number of imide groups is 1. The summed E-state index contributed by atoms with van der Waals surface area (Å²) in [7, 11) is 0. The summed E-state index contributed by atoms with van der Waals surface area (Å²) >= 11 is 0. The molecule has 162 valence electrons. The molecule has 2 fully saturated rings. The minimum absolute atomic E-state index is 0.0328. The number of guanidine groups is 1. The van der Waals surface area contributed by atoms with Gasteiger partial charge >= 0.3 is 0 Å². The number of aryl methyl sites for hydroxylation is 2. The Kier molecular flexibility index (Phi) is 6.20. The Balaban J connectivity index is 1.21. The van der Waals surface area contributed by atoms with Crippen LogP contribution in [0.3, 0.4) is 0 Å². The number of nitrogens with zero attached hydrogens (tertiary/aromatic N) is 3. The van der Waals surface area contributed by atoms with Crippen molar-refractivity contribution in [3.05, 3.63) is 29.6 Å². The van der Waals surface area contributed by atoms with Gasteiger partial charge in [-0.05, 0) is 56.9 Å². The Bertz CT molecular complexity index is 814. The average molecular weight is 413 g/mol. The highest BCUT2D eigenvalue weighted by molar-refractivity contribution is 6.06. The molecule has 8 heteroatoms. The van der Waals surface area contributed by atoms with Crippen LogP contribution in [0.2, 0.25) is 0 Å². The van der Waals surface area contributed by atoms with E-state index < -0.39 is 0 Å². The predicted molar refractivity (Wildman–Crippen MR) is 115 cm³/mol. The summed E-state index contributed by atoms with van der Waals surface area (Å²) in [6.45, 7) is 6.72. The maximum absolute atomic E-state index is 12.7. The Morgan fingerprint density at radius 2 is 1.93 bits per heavy atom. The molecule has 1 saturated heterocycles. The Morgan fingerprint density at radius 3 is 2.57 bits per heavy atom. The topological polar surface area (TPSA) is 102 Å². The van der Waals surface area contributed by atoms with E-state index in [1.54, 1.807) is 0 Å². The van der Waals surface area contributed by atoms with E-state index in [2.05, 4.69) is 38.0 Å². The molecule has 2 aliphatic carbocycles. The molecule has 2 amide bonds. The smallest absolute Gasteiger partial charge is 0.233 e. The Hall–Kier alpha value is -2.64. The van der Waals surface area contributed by atoms with Gasteiger partial charge in [-0.15, -0.1) is 0 Å². The molecule has 1 aromatic rings. The lowest BCUT2D eigenvalue weighted by Gasteiger charge is -2.17. The van der Waals surface area contributed by atoms with E-state index in [9.17, 15) is 9.59 Å². The normalized spacial score (nSPS) is 27.3. The molecular formula is C22H32N6O2. The summed E-state index contributed by atoms with van der Waals surface area (Å²) < 4.78 is 0. The largest absolute Gasteiger partial charge is 0.357 e. The number of aromatic nitrogens is 2. The molecule has 3 N–H and O–H groups in total. The summed E-state index contributed by atoms with van der Waals surface area (Å²) in [4.78, 5) is 31.5. The predicted octanol–water partition coefficient (Wildman–Crippen LogP) is 1.40. The molecule has 0 spiro atoms. The zero-order valence-electron chi connectivity index (χ0n) is 17.9. The van der Waals surface area contributed by atoms with Crippen molar-refractivity contribution in [3.8, 4) is 0 Å². The minimum Gasteiger partial charge on any atom is -0.357 e. The molecule has 1 saturated carbocycles. The quantitative estimate of drug-likeness (QED) is 0.187. The molecule has 8 nitrogen and oxygen atoms in total. The third-order valence-corrected chi connectivity index (χ3v) is 6.57. The highest BCUT2D eigenvalue weighted by atomic mass is 16.2. The number of aliphatic imine (C=N–C) groups is 1. The fraction of sp³-hybridized carbons (Fsp3) is 0.636. The Morgan fingerprint density at radius 1 is 1.20 bits per heavy atom. The van der Waals surface area contributed by atoms with Crippen LogP contribution < -0.4 is 10.6 Å². The van der Waals surface area contributed by atoms with Crippen molar-refractivity contribution >= 4 is 17.8 Å². The molecule has 0 radical (unpaired) electrons. The second-order valence-electron chi connectivity index (χ2n) is 8.49. The SMILES string of the molecule is CCNC(=NCCCN1C(=O)C2C3C=CC(C3)C2C1=O)NCCCc1cn[nH]c1C. The molecule has 4 rings (SSSR count). The van der Waals surface area contributed by atoms with Gasteiger partial charge in [0.2, 0.25) is 11.8 Å². The number of likely N-dealkylation sites (tertiary alicyclic amines) is 1. The van der Waals surface area contributed by atoms with Crippen LogP contribution in [0.25, 0.3) is 0 Å². The van der Waals surface area contributed by atoms with Gasteiger partial charge in [-0.1, -0.05) is 12.2 Å². The number of aromatic amines is 1. The minimum atomic E-state index is -0.103. The number of hydrogen-bond acceptors (Lipinski definition) is 4. The summed E-state index contributed by atoms with van der Waals surface area (Å²) in [5.74, 6) is 1.18. The van der Waals surface area contributed by atoms with Crippen LogP contribution in [-0.4, -0.2) is 59.1 Å². The molecule has 1 aliphatic heterocycles. The van der Waals surface area contributed by atoms with Crippen molar-refractivity contribution in [1.29, 1.82) is 0 Å². The van der Waals surface area contributed by atoms with Crippen molar-refractivity contribution in [1.82, 2.24) is 25.7 Å². The molecule has 2 heterocycles. The van der Waals surface area contributed by atoms with Gasteiger partial charge < -0.3 is 10.6 Å². The van der Waals surface area contributed by atoms with Gasteiger partial charge in [0.05, 0.1) is 18.0 Å². The van der Waals surface area contributed by atoms with Gasteiger partial charge in [0.25, 0.3) is 0 Å². The number of hydrogen-bond donors (Lipinski definition) is 3. The van der Waals surface area contributed by atoms with Crippen molar-refractivity contribution in [3.63, 3.8) is 0 Å². The monoisotopic (exact) mass is 412 g/mol. The molecule has 4 unspecified atom stereocenters. The van der Waals surface area contributed by atoms with Crippen molar-refractivity contribution in [2.24, 2.45) is 28.7 Å². The maximum atomic E-state index is 12.7. The highest BCUT2D eigenvalue weighted by Gasteiger charge is 2.58. The van der Waals surface area contributed by atoms with Gasteiger partial charge in [0, 0.05) is 31.9 Å². The summed E-state index contributed by atoms with van der Waals surface area (Å²) in [5, 5.41) is 13.6. The van der Waals surface area contributed by atoms with Crippen LogP contribution in [0.4, 0.5) is 0 Å². The van der Waals surface area contributed by atoms with E-state index in [0.717, 1.165) is 44.0 Å². The first-order chi connectivity index (χ1) is 14.6. The van der Waals surface area contributed by atoms with Gasteiger partial charge in [-0.2, -0.15) is 5.10 Å². The number of amides is 2. The molecule has 0 aromatic carbocycles. The van der Waals surface area contributed by atoms with Crippen LogP contribution in [0.15, 0.2) is 23.3 Å². The average Bonchev–Trinajstić information content (AvgIpc) is 3.49. The van der Waals surface area contributed by atoms with Crippen LogP contribution in [0.1, 0.15) is 37.4 Å². The number of rotatable bonds is 9. The van der Waals surface area contributed by atoms with E-state index in [1.165, 1.54) is 10.5 Å². The van der Waals surface area contributed by atoms with Gasteiger partial charge in [-0.3, -0.25) is 24.6 Å². The second-order valence-corrected chi connectivity index (χ2v) is 8.49. The second kappa shape index (κ2) is 9.02. The molecular weight excluding hydrogens is 380 g/mol. The first kappa shape index (κ1) is 20.6. The molecule has 2 bridgehead atoms. The van der Waals surface area contributed by atoms with E-state index in [4.69, 9.17) is 0 Å². The zero-order valence-corrected chi connectivity index (χ0v) is 17.9. The standard InChI is InChI=1S/C22H32N6O2/c1-3-23-22(24-9-4-6-17-13-26-27-14(17)2)25-10-5-11-28-20(29)18-15-7-8-16(12-15)19(18)21(28)30/h7-8,13,15-16,18-19H,3-6,9-12H2,1-2H3,(H,26,27)(H2,23,24,25). The molecule has 30 heavy (non-hydrogen) atoms. The number of carbonyl (C=O) groups is 2. The van der Waals surface area contributed by atoms with Crippen LogP contribution in [-0.2, 0) is 16.0 Å². The summed E-state index contributed by atoms with van der Waals surface area (Å²) in [6.07, 6.45) is 9.76. The maximum Gasteiger partial charge on any atom is 0.233 e. The Labute approximate surface area is 177 Å². The van der Waals surface area contributed by atoms with Crippen LogP contribution in [0.5, 0.6) is 0 Å². The van der Waals surface area contributed by atoms with Crippen LogP contribution >= 0.6 is 0 Å². The van der Waals surface area contributed by atoms with Crippen molar-refractivity contribution < 1.29 is 9.59 Å². The molecule has 4 atom stereocenters. The van der Waals surface area contributed by atoms with Gasteiger partial charge in [0.15, 0.2) is 5.96 Å². The number of allylic oxidation sites excluding steroid dienone is 2. The number of nitrogens with one attached hydrogen (secondary N) is 3. The third kappa shape index (κ3) is 4.00. The van der Waals surface area contributed by atoms with E-state index in [1.807, 2.05) is 20.0 Å². The zero-order chi connectivity index (χ0) is 21.1. The highest BCUT2D eigenvalue weighted by Crippen LogP contribution is 2.52. The van der Waals surface area contributed by atoms with Crippen LogP contribution in [0, 0.1) is 30.6 Å². The van der Waals surface area contributed by atoms with Gasteiger partial charge in [0.1, 0.15) is 0 Å². The first-order valence-electron chi connectivity index (χ1n) is 11.1. The number of fused-ring (bicyclic) bond motifs is 5.